The molecule has 0 bridgehead atoms. The zero-order valence-corrected chi connectivity index (χ0v) is 16.9. The molecule has 2 rings (SSSR count). The van der Waals surface area contributed by atoms with Crippen LogP contribution in [0, 0.1) is 0 Å². The molecule has 0 unspecified atom stereocenters. The molecule has 140 valence electrons. The van der Waals surface area contributed by atoms with Crippen molar-refractivity contribution in [1.82, 2.24) is 4.90 Å². The van der Waals surface area contributed by atoms with E-state index < -0.39 is 10.0 Å². The third-order valence-electron chi connectivity index (χ3n) is 3.78. The van der Waals surface area contributed by atoms with E-state index in [1.807, 2.05) is 30.5 Å². The molecule has 0 radical (unpaired) electrons. The van der Waals surface area contributed by atoms with Crippen LogP contribution in [0.1, 0.15) is 29.3 Å². The number of thioether (sulfide) groups is 1. The maximum atomic E-state index is 12.7. The molecule has 0 aliphatic rings. The first-order valence-corrected chi connectivity index (χ1v) is 11.2. The van der Waals surface area contributed by atoms with E-state index in [2.05, 4.69) is 4.72 Å². The van der Waals surface area contributed by atoms with Gasteiger partial charge in [0.2, 0.25) is 10.0 Å². The number of hydrogen-bond acceptors (Lipinski definition) is 4. The molecular weight excluding hydrogens is 368 g/mol. The first-order valence-electron chi connectivity index (χ1n) is 8.33. The summed E-state index contributed by atoms with van der Waals surface area (Å²) in [4.78, 5) is 15.5. The number of carbonyl (C=O) groups is 1. The fraction of sp³-hybridized carbons (Fsp3) is 0.316. The number of anilines is 1. The molecule has 1 N–H and O–H groups in total. The monoisotopic (exact) mass is 392 g/mol. The number of rotatable bonds is 8. The Kier molecular flexibility index (Phi) is 7.11. The highest BCUT2D eigenvalue weighted by atomic mass is 32.2. The van der Waals surface area contributed by atoms with Crippen LogP contribution in [-0.4, -0.2) is 38.3 Å². The van der Waals surface area contributed by atoms with Crippen LogP contribution in [0.3, 0.4) is 0 Å². The Morgan fingerprint density at radius 3 is 2.46 bits per heavy atom. The van der Waals surface area contributed by atoms with Gasteiger partial charge >= 0.3 is 0 Å². The van der Waals surface area contributed by atoms with Crippen LogP contribution in [-0.2, 0) is 16.6 Å². The molecule has 0 spiro atoms. The number of benzene rings is 2. The normalized spacial score (nSPS) is 11.2. The van der Waals surface area contributed by atoms with E-state index >= 15 is 0 Å². The van der Waals surface area contributed by atoms with Crippen molar-refractivity contribution in [1.29, 1.82) is 0 Å². The Morgan fingerprint density at radius 2 is 1.85 bits per heavy atom. The lowest BCUT2D eigenvalue weighted by Gasteiger charge is -2.18. The molecule has 0 aromatic heterocycles. The summed E-state index contributed by atoms with van der Waals surface area (Å²) in [7, 11) is -1.64. The van der Waals surface area contributed by atoms with Crippen molar-refractivity contribution in [2.24, 2.45) is 0 Å². The Hall–Kier alpha value is -1.99. The second-order valence-electron chi connectivity index (χ2n) is 6.01. The predicted molar refractivity (Wildman–Crippen MR) is 108 cm³/mol. The van der Waals surface area contributed by atoms with Crippen LogP contribution in [0.4, 0.5) is 5.69 Å². The fourth-order valence-corrected chi connectivity index (χ4v) is 4.05. The van der Waals surface area contributed by atoms with E-state index in [9.17, 15) is 13.2 Å². The largest absolute Gasteiger partial charge is 0.337 e. The summed E-state index contributed by atoms with van der Waals surface area (Å²) in [5.74, 6) is -0.104. The van der Waals surface area contributed by atoms with Crippen LogP contribution in [0.15, 0.2) is 53.4 Å². The molecule has 0 saturated heterocycles. The second-order valence-corrected chi connectivity index (χ2v) is 8.73. The van der Waals surface area contributed by atoms with Crippen molar-refractivity contribution in [3.8, 4) is 0 Å². The molecule has 0 atom stereocenters. The van der Waals surface area contributed by atoms with Gasteiger partial charge < -0.3 is 4.90 Å². The Labute approximate surface area is 159 Å². The molecule has 7 heteroatoms. The number of amides is 1. The van der Waals surface area contributed by atoms with Gasteiger partial charge in [-0.05, 0) is 48.6 Å². The lowest BCUT2D eigenvalue weighted by atomic mass is 10.1. The molecule has 0 heterocycles. The van der Waals surface area contributed by atoms with E-state index in [0.29, 0.717) is 24.2 Å². The topological polar surface area (TPSA) is 66.5 Å². The molecule has 26 heavy (non-hydrogen) atoms. The van der Waals surface area contributed by atoms with Crippen molar-refractivity contribution >= 4 is 33.4 Å². The number of nitrogens with zero attached hydrogens (tertiary/aromatic N) is 1. The summed E-state index contributed by atoms with van der Waals surface area (Å²) >= 11 is 1.67. The van der Waals surface area contributed by atoms with Gasteiger partial charge in [-0.25, -0.2) is 8.42 Å². The van der Waals surface area contributed by atoms with E-state index in [1.165, 1.54) is 4.90 Å². The summed E-state index contributed by atoms with van der Waals surface area (Å²) in [6.07, 6.45) is 2.55. The summed E-state index contributed by atoms with van der Waals surface area (Å²) in [6, 6.07) is 14.7. The van der Waals surface area contributed by atoms with E-state index in [0.717, 1.165) is 5.56 Å². The molecule has 0 aliphatic carbocycles. The summed E-state index contributed by atoms with van der Waals surface area (Å²) in [6.45, 7) is 2.29. The summed E-state index contributed by atoms with van der Waals surface area (Å²) in [5.41, 5.74) is 1.89. The fourth-order valence-electron chi connectivity index (χ4n) is 2.51. The van der Waals surface area contributed by atoms with Gasteiger partial charge in [0.1, 0.15) is 0 Å². The van der Waals surface area contributed by atoms with Crippen molar-refractivity contribution in [3.05, 3.63) is 59.7 Å². The van der Waals surface area contributed by atoms with Crippen molar-refractivity contribution in [3.63, 3.8) is 0 Å². The minimum absolute atomic E-state index is 0.0527. The van der Waals surface area contributed by atoms with Gasteiger partial charge in [0.15, 0.2) is 0 Å². The van der Waals surface area contributed by atoms with Gasteiger partial charge in [0.05, 0.1) is 5.75 Å². The minimum Gasteiger partial charge on any atom is -0.337 e. The van der Waals surface area contributed by atoms with Crippen molar-refractivity contribution < 1.29 is 13.2 Å². The van der Waals surface area contributed by atoms with Crippen LogP contribution >= 0.6 is 11.8 Å². The van der Waals surface area contributed by atoms with E-state index in [4.69, 9.17) is 0 Å². The molecule has 1 amide bonds. The van der Waals surface area contributed by atoms with E-state index in [1.54, 1.807) is 54.9 Å². The second kappa shape index (κ2) is 9.09. The third kappa shape index (κ3) is 5.78. The lowest BCUT2D eigenvalue weighted by Crippen LogP contribution is -2.26. The van der Waals surface area contributed by atoms with Crippen molar-refractivity contribution in [2.45, 2.75) is 24.8 Å². The predicted octanol–water partition coefficient (Wildman–Crippen LogP) is 3.83. The molecule has 5 nitrogen and oxygen atoms in total. The number of hydrogen-bond donors (Lipinski definition) is 1. The molecule has 0 fully saturated rings. The SMILES string of the molecule is CCCS(=O)(=O)Nc1cccc(C(=O)N(C)Cc2ccc(SC)cc2)c1. The van der Waals surface area contributed by atoms with E-state index in [-0.39, 0.29) is 11.7 Å². The molecular formula is C19H24N2O3S2. The Balaban J connectivity index is 2.09. The Bertz CT molecular complexity index is 849. The van der Waals surface area contributed by atoms with Crippen LogP contribution in [0.5, 0.6) is 0 Å². The van der Waals surface area contributed by atoms with Crippen LogP contribution < -0.4 is 4.72 Å². The first-order chi connectivity index (χ1) is 12.3. The highest BCUT2D eigenvalue weighted by Gasteiger charge is 2.14. The standard InChI is InChI=1S/C19H24N2O3S2/c1-4-12-26(23,24)20-17-7-5-6-16(13-17)19(22)21(2)14-15-8-10-18(25-3)11-9-15/h5-11,13,20H,4,12,14H2,1-3H3. The molecule has 2 aromatic carbocycles. The van der Waals surface area contributed by atoms with Gasteiger partial charge in [0, 0.05) is 29.7 Å². The highest BCUT2D eigenvalue weighted by molar-refractivity contribution is 7.98. The van der Waals surface area contributed by atoms with Gasteiger partial charge in [0.25, 0.3) is 5.91 Å². The van der Waals surface area contributed by atoms with Gasteiger partial charge in [-0.3, -0.25) is 9.52 Å². The molecule has 2 aromatic rings. The highest BCUT2D eigenvalue weighted by Crippen LogP contribution is 2.18. The minimum atomic E-state index is -3.38. The summed E-state index contributed by atoms with van der Waals surface area (Å²) in [5, 5.41) is 0. The maximum absolute atomic E-state index is 12.7. The van der Waals surface area contributed by atoms with Gasteiger partial charge in [-0.1, -0.05) is 25.1 Å². The average Bonchev–Trinajstić information content (AvgIpc) is 2.61. The zero-order valence-electron chi connectivity index (χ0n) is 15.2. The van der Waals surface area contributed by atoms with Crippen molar-refractivity contribution in [2.75, 3.05) is 23.8 Å². The number of carbonyl (C=O) groups excluding carboxylic acids is 1. The van der Waals surface area contributed by atoms with Crippen LogP contribution in [0.2, 0.25) is 0 Å². The molecule has 0 saturated carbocycles. The summed E-state index contributed by atoms with van der Waals surface area (Å²) < 4.78 is 26.3. The first kappa shape index (κ1) is 20.3. The third-order valence-corrected chi connectivity index (χ3v) is 6.02. The van der Waals surface area contributed by atoms with Gasteiger partial charge in [-0.15, -0.1) is 11.8 Å². The Morgan fingerprint density at radius 1 is 1.15 bits per heavy atom. The van der Waals surface area contributed by atoms with Crippen LogP contribution in [0.25, 0.3) is 0 Å². The average molecular weight is 393 g/mol. The zero-order chi connectivity index (χ0) is 19.2. The van der Waals surface area contributed by atoms with Gasteiger partial charge in [-0.2, -0.15) is 0 Å². The maximum Gasteiger partial charge on any atom is 0.253 e. The lowest BCUT2D eigenvalue weighted by molar-refractivity contribution is 0.0785. The smallest absolute Gasteiger partial charge is 0.253 e. The number of sulfonamides is 1. The quantitative estimate of drug-likeness (QED) is 0.693. The number of nitrogens with one attached hydrogen (secondary N) is 1. The molecule has 0 aliphatic heterocycles.